The third-order valence-corrected chi connectivity index (χ3v) is 10.9. The predicted octanol–water partition coefficient (Wildman–Crippen LogP) is 11.4. The molecule has 0 fully saturated rings. The van der Waals surface area contributed by atoms with Crippen LogP contribution in [0.1, 0.15) is 45.1 Å². The molecule has 3 aliphatic rings. The molecule has 0 saturated carbocycles. The van der Waals surface area contributed by atoms with E-state index >= 15 is 0 Å². The lowest BCUT2D eigenvalue weighted by Gasteiger charge is -2.40. The lowest BCUT2D eigenvalue weighted by atomic mass is 9.65. The molecule has 1 atom stereocenters. The highest BCUT2D eigenvalue weighted by molar-refractivity contribution is 6.17. The fourth-order valence-corrected chi connectivity index (χ4v) is 8.77. The summed E-state index contributed by atoms with van der Waals surface area (Å²) >= 11 is 0. The minimum absolute atomic E-state index is 0.177. The molecule has 2 heterocycles. The van der Waals surface area contributed by atoms with E-state index in [1.165, 1.54) is 44.2 Å². The zero-order valence-electron chi connectivity index (χ0n) is 27.1. The summed E-state index contributed by atoms with van der Waals surface area (Å²) in [4.78, 5) is 5.37. The highest BCUT2D eigenvalue weighted by Crippen LogP contribution is 2.64. The largest absolute Gasteiger partial charge is 0.455 e. The number of fused-ring (bicyclic) bond motifs is 14. The third kappa shape index (κ3) is 3.66. The van der Waals surface area contributed by atoms with Crippen LogP contribution in [0.5, 0.6) is 11.5 Å². The molecule has 8 aromatic rings. The van der Waals surface area contributed by atoms with E-state index in [1.807, 2.05) is 0 Å². The zero-order valence-corrected chi connectivity index (χ0v) is 27.1. The Balaban J connectivity index is 1.21. The van der Waals surface area contributed by atoms with Crippen LogP contribution in [0.2, 0.25) is 0 Å². The normalized spacial score (nSPS) is 16.0. The van der Waals surface area contributed by atoms with Crippen molar-refractivity contribution in [3.8, 4) is 22.6 Å². The Kier molecular flexibility index (Phi) is 5.65. The molecule has 0 radical (unpaired) electrons. The van der Waals surface area contributed by atoms with Crippen LogP contribution in [0.3, 0.4) is 0 Å². The molecule has 8 aromatic carbocycles. The Morgan fingerprint density at radius 1 is 0.480 bits per heavy atom. The Bertz CT molecular complexity index is 2640. The van der Waals surface area contributed by atoms with Crippen molar-refractivity contribution in [3.05, 3.63) is 209 Å². The van der Waals surface area contributed by atoms with Crippen LogP contribution in [0.25, 0.3) is 32.7 Å². The molecule has 11 rings (SSSR count). The number of para-hydroxylation sites is 1. The first-order valence-electron chi connectivity index (χ1n) is 17.2. The number of benzene rings is 8. The topological polar surface area (TPSA) is 33.6 Å². The number of rotatable bonds is 2. The number of hydrogen-bond donors (Lipinski definition) is 1. The lowest BCUT2D eigenvalue weighted by molar-refractivity contribution is 0.447. The number of nitrogens with one attached hydrogen (secondary N) is 1. The Morgan fingerprint density at radius 3 is 1.80 bits per heavy atom. The molecule has 50 heavy (non-hydrogen) atoms. The molecule has 0 bridgehead atoms. The van der Waals surface area contributed by atoms with Gasteiger partial charge in [-0.25, -0.2) is 0 Å². The van der Waals surface area contributed by atoms with Gasteiger partial charge < -0.3 is 10.1 Å². The summed E-state index contributed by atoms with van der Waals surface area (Å²) in [5, 5.41) is 8.26. The van der Waals surface area contributed by atoms with Gasteiger partial charge in [0.05, 0.1) is 11.1 Å². The Labute approximate surface area is 290 Å². The van der Waals surface area contributed by atoms with E-state index in [2.05, 4.69) is 175 Å². The monoisotopic (exact) mass is 638 g/mol. The first kappa shape index (κ1) is 27.5. The highest BCUT2D eigenvalue weighted by Gasteiger charge is 2.52. The van der Waals surface area contributed by atoms with Crippen LogP contribution in [-0.2, 0) is 5.41 Å². The van der Waals surface area contributed by atoms with Gasteiger partial charge in [0.1, 0.15) is 17.7 Å². The van der Waals surface area contributed by atoms with Crippen molar-refractivity contribution in [2.75, 3.05) is 5.32 Å². The van der Waals surface area contributed by atoms with Gasteiger partial charge in [0, 0.05) is 38.7 Å². The second-order valence-electron chi connectivity index (χ2n) is 13.5. The van der Waals surface area contributed by atoms with E-state index in [4.69, 9.17) is 9.73 Å². The molecule has 0 saturated heterocycles. The first-order chi connectivity index (χ1) is 24.8. The molecule has 1 spiro atoms. The summed E-state index contributed by atoms with van der Waals surface area (Å²) in [6.07, 6.45) is -0.177. The lowest BCUT2D eigenvalue weighted by Crippen LogP contribution is -2.32. The molecule has 1 aliphatic carbocycles. The van der Waals surface area contributed by atoms with Gasteiger partial charge in [0.25, 0.3) is 0 Å². The molecule has 0 amide bonds. The van der Waals surface area contributed by atoms with Crippen LogP contribution in [-0.4, -0.2) is 5.71 Å². The van der Waals surface area contributed by atoms with Crippen LogP contribution in [0, 0.1) is 0 Å². The maximum atomic E-state index is 7.11. The van der Waals surface area contributed by atoms with E-state index in [-0.39, 0.29) is 6.17 Å². The minimum Gasteiger partial charge on any atom is -0.455 e. The number of aliphatic imine (C=N–C) groups is 1. The molecule has 3 heteroatoms. The van der Waals surface area contributed by atoms with Gasteiger partial charge in [0.15, 0.2) is 0 Å². The fourth-order valence-electron chi connectivity index (χ4n) is 8.77. The van der Waals surface area contributed by atoms with Crippen molar-refractivity contribution >= 4 is 32.9 Å². The van der Waals surface area contributed by atoms with Crippen LogP contribution < -0.4 is 10.1 Å². The molecular weight excluding hydrogens is 609 g/mol. The maximum Gasteiger partial charge on any atom is 0.145 e. The molecule has 234 valence electrons. The second kappa shape index (κ2) is 10.3. The van der Waals surface area contributed by atoms with Crippen LogP contribution >= 0.6 is 0 Å². The average molecular weight is 639 g/mol. The smallest absolute Gasteiger partial charge is 0.145 e. The van der Waals surface area contributed by atoms with Crippen molar-refractivity contribution in [2.24, 2.45) is 4.99 Å². The van der Waals surface area contributed by atoms with Gasteiger partial charge in [-0.15, -0.1) is 0 Å². The van der Waals surface area contributed by atoms with Gasteiger partial charge >= 0.3 is 0 Å². The van der Waals surface area contributed by atoms with Crippen LogP contribution in [0.15, 0.2) is 175 Å². The summed E-state index contributed by atoms with van der Waals surface area (Å²) in [5.74, 6) is 1.86. The van der Waals surface area contributed by atoms with Crippen molar-refractivity contribution < 1.29 is 4.74 Å². The summed E-state index contributed by atoms with van der Waals surface area (Å²) in [5.41, 5.74) is 12.2. The minimum atomic E-state index is -0.568. The molecule has 0 aromatic heterocycles. The maximum absolute atomic E-state index is 7.11. The first-order valence-corrected chi connectivity index (χ1v) is 17.2. The second-order valence-corrected chi connectivity index (χ2v) is 13.5. The van der Waals surface area contributed by atoms with Crippen molar-refractivity contribution in [1.82, 2.24) is 0 Å². The Hall–Kier alpha value is -6.45. The van der Waals surface area contributed by atoms with E-state index < -0.39 is 5.41 Å². The zero-order chi connectivity index (χ0) is 32.8. The van der Waals surface area contributed by atoms with Gasteiger partial charge in [-0.2, -0.15) is 0 Å². The predicted molar refractivity (Wildman–Crippen MR) is 204 cm³/mol. The summed E-state index contributed by atoms with van der Waals surface area (Å²) in [6, 6.07) is 61.2. The summed E-state index contributed by atoms with van der Waals surface area (Å²) in [7, 11) is 0. The van der Waals surface area contributed by atoms with Gasteiger partial charge in [-0.1, -0.05) is 158 Å². The van der Waals surface area contributed by atoms with E-state index in [9.17, 15) is 0 Å². The average Bonchev–Trinajstić information content (AvgIpc) is 3.47. The van der Waals surface area contributed by atoms with Crippen LogP contribution in [0.4, 0.5) is 5.69 Å². The van der Waals surface area contributed by atoms with Crippen molar-refractivity contribution in [2.45, 2.75) is 11.6 Å². The number of anilines is 1. The molecule has 1 N–H and O–H groups in total. The molecule has 1 unspecified atom stereocenters. The standard InChI is InChI=1S/C47H30N2O/c1-2-14-31(15-3-1)46-48-42-21-11-9-19-36(42)43(49-46)32-24-25-39-37(28-32)35-18-8-10-20-38(35)47(39)40-26-22-29-12-4-6-16-33(29)44(40)50-45-34-17-7-5-13-30(34)23-27-41(45)47/h1-28,46,48H. The van der Waals surface area contributed by atoms with E-state index in [1.54, 1.807) is 0 Å². The third-order valence-electron chi connectivity index (χ3n) is 10.9. The highest BCUT2D eigenvalue weighted by atomic mass is 16.5. The number of hydrogen-bond acceptors (Lipinski definition) is 3. The van der Waals surface area contributed by atoms with Gasteiger partial charge in [-0.05, 0) is 50.7 Å². The molecule has 2 aliphatic heterocycles. The summed E-state index contributed by atoms with van der Waals surface area (Å²) < 4.78 is 7.11. The van der Waals surface area contributed by atoms with Gasteiger partial charge in [-0.3, -0.25) is 4.99 Å². The van der Waals surface area contributed by atoms with Gasteiger partial charge in [0.2, 0.25) is 0 Å². The van der Waals surface area contributed by atoms with Crippen molar-refractivity contribution in [3.63, 3.8) is 0 Å². The quantitative estimate of drug-likeness (QED) is 0.204. The SMILES string of the molecule is c1ccc(C2N=C(c3ccc4c(c3)-c3ccccc3C43c4ccc5ccccc5c4Oc4c3ccc3ccccc43)c3ccccc3N2)cc1. The van der Waals surface area contributed by atoms with E-state index in [0.717, 1.165) is 50.4 Å². The number of nitrogens with zero attached hydrogens (tertiary/aromatic N) is 1. The Morgan fingerprint density at radius 2 is 1.06 bits per heavy atom. The molecule has 3 nitrogen and oxygen atoms in total. The van der Waals surface area contributed by atoms with Crippen molar-refractivity contribution in [1.29, 1.82) is 0 Å². The summed E-state index contributed by atoms with van der Waals surface area (Å²) in [6.45, 7) is 0. The van der Waals surface area contributed by atoms with E-state index in [0.29, 0.717) is 0 Å². The number of ether oxygens (including phenoxy) is 1. The molecular formula is C47H30N2O. The fraction of sp³-hybridized carbons (Fsp3) is 0.0426.